The first-order chi connectivity index (χ1) is 9.56. The molecular formula is C14H16FNO4. The molecule has 1 aromatic carbocycles. The van der Waals surface area contributed by atoms with Gasteiger partial charge in [0.2, 0.25) is 6.79 Å². The van der Waals surface area contributed by atoms with Crippen LogP contribution < -0.4 is 14.8 Å². The van der Waals surface area contributed by atoms with Gasteiger partial charge in [0.1, 0.15) is 6.17 Å². The summed E-state index contributed by atoms with van der Waals surface area (Å²) in [5.74, 6) is -0.117. The number of nitrogens with one attached hydrogen (secondary N) is 1. The molecule has 1 aromatic rings. The summed E-state index contributed by atoms with van der Waals surface area (Å²) < 4.78 is 24.3. The van der Waals surface area contributed by atoms with Gasteiger partial charge in [-0.15, -0.1) is 0 Å². The van der Waals surface area contributed by atoms with E-state index in [0.29, 0.717) is 30.0 Å². The van der Waals surface area contributed by atoms with Crippen molar-refractivity contribution in [2.75, 3.05) is 13.3 Å². The number of hydrogen-bond donors (Lipinski definition) is 2. The highest BCUT2D eigenvalue weighted by atomic mass is 19.1. The number of carboxylic acid groups (broad SMARTS) is 1. The van der Waals surface area contributed by atoms with Gasteiger partial charge in [-0.05, 0) is 31.0 Å². The quantitative estimate of drug-likeness (QED) is 0.889. The average Bonchev–Trinajstić information content (AvgIpc) is 3.06. The molecule has 20 heavy (non-hydrogen) atoms. The molecule has 0 bridgehead atoms. The molecule has 6 heteroatoms. The molecule has 0 aliphatic carbocycles. The van der Waals surface area contributed by atoms with E-state index in [-0.39, 0.29) is 12.8 Å². The van der Waals surface area contributed by atoms with E-state index in [4.69, 9.17) is 14.6 Å². The number of carbonyl (C=O) groups is 1. The smallest absolute Gasteiger partial charge is 0.307 e. The van der Waals surface area contributed by atoms with Gasteiger partial charge in [0, 0.05) is 18.2 Å². The van der Waals surface area contributed by atoms with Crippen molar-refractivity contribution in [1.82, 2.24) is 5.32 Å². The number of aliphatic carboxylic acids is 1. The Morgan fingerprint density at radius 3 is 2.95 bits per heavy atom. The number of rotatable bonds is 3. The molecule has 2 aliphatic heterocycles. The van der Waals surface area contributed by atoms with E-state index in [9.17, 15) is 9.18 Å². The fourth-order valence-electron chi connectivity index (χ4n) is 2.71. The molecular weight excluding hydrogens is 265 g/mol. The Kier molecular flexibility index (Phi) is 3.25. The van der Waals surface area contributed by atoms with Gasteiger partial charge in [-0.2, -0.15) is 0 Å². The van der Waals surface area contributed by atoms with E-state index >= 15 is 0 Å². The van der Waals surface area contributed by atoms with Crippen LogP contribution >= 0.6 is 0 Å². The maximum atomic E-state index is 13.6. The van der Waals surface area contributed by atoms with Gasteiger partial charge in [0.05, 0.1) is 5.92 Å². The highest BCUT2D eigenvalue weighted by Gasteiger charge is 2.34. The standard InChI is InChI=1S/C14H16FNO4/c1-7(15)8-2-10(13-12(4-8)19-6-20-13)11-3-9(5-16-11)14(17)18/h2,4,7,9,11,16H,3,5-6H2,1H3,(H,17,18). The van der Waals surface area contributed by atoms with E-state index in [1.54, 1.807) is 12.1 Å². The van der Waals surface area contributed by atoms with Gasteiger partial charge in [-0.3, -0.25) is 4.79 Å². The lowest BCUT2D eigenvalue weighted by Crippen LogP contribution is -2.17. The summed E-state index contributed by atoms with van der Waals surface area (Å²) in [6, 6.07) is 3.23. The minimum Gasteiger partial charge on any atom is -0.481 e. The van der Waals surface area contributed by atoms with Crippen molar-refractivity contribution >= 4 is 5.97 Å². The summed E-state index contributed by atoms with van der Waals surface area (Å²) in [5.41, 5.74) is 1.30. The number of hydrogen-bond acceptors (Lipinski definition) is 4. The topological polar surface area (TPSA) is 67.8 Å². The van der Waals surface area contributed by atoms with Gasteiger partial charge < -0.3 is 19.9 Å². The first-order valence-electron chi connectivity index (χ1n) is 6.60. The number of carboxylic acids is 1. The lowest BCUT2D eigenvalue weighted by molar-refractivity contribution is -0.141. The highest BCUT2D eigenvalue weighted by molar-refractivity contribution is 5.71. The van der Waals surface area contributed by atoms with Crippen molar-refractivity contribution in [3.8, 4) is 11.5 Å². The predicted octanol–water partition coefficient (Wildman–Crippen LogP) is 2.18. The van der Waals surface area contributed by atoms with E-state index < -0.39 is 18.1 Å². The first kappa shape index (κ1) is 13.2. The van der Waals surface area contributed by atoms with Gasteiger partial charge >= 0.3 is 5.97 Å². The maximum Gasteiger partial charge on any atom is 0.307 e. The van der Waals surface area contributed by atoms with Crippen LogP contribution in [0.4, 0.5) is 4.39 Å². The van der Waals surface area contributed by atoms with Crippen LogP contribution in [0, 0.1) is 5.92 Å². The van der Waals surface area contributed by atoms with Gasteiger partial charge in [0.15, 0.2) is 11.5 Å². The van der Waals surface area contributed by atoms with Crippen molar-refractivity contribution in [3.05, 3.63) is 23.3 Å². The number of alkyl halides is 1. The fourth-order valence-corrected chi connectivity index (χ4v) is 2.71. The number of benzene rings is 1. The molecule has 1 saturated heterocycles. The van der Waals surface area contributed by atoms with Crippen molar-refractivity contribution in [3.63, 3.8) is 0 Å². The zero-order chi connectivity index (χ0) is 14.3. The molecule has 3 rings (SSSR count). The second-order valence-electron chi connectivity index (χ2n) is 5.19. The second-order valence-corrected chi connectivity index (χ2v) is 5.19. The van der Waals surface area contributed by atoms with Gasteiger partial charge in [-0.25, -0.2) is 4.39 Å². The van der Waals surface area contributed by atoms with Crippen LogP contribution in [-0.4, -0.2) is 24.4 Å². The number of fused-ring (bicyclic) bond motifs is 1. The predicted molar refractivity (Wildman–Crippen MR) is 68.6 cm³/mol. The van der Waals surface area contributed by atoms with Crippen molar-refractivity contribution in [1.29, 1.82) is 0 Å². The van der Waals surface area contributed by atoms with E-state index in [0.717, 1.165) is 5.56 Å². The molecule has 108 valence electrons. The Morgan fingerprint density at radius 1 is 1.50 bits per heavy atom. The van der Waals surface area contributed by atoms with Crippen LogP contribution in [0.25, 0.3) is 0 Å². The lowest BCUT2D eigenvalue weighted by Gasteiger charge is -2.15. The van der Waals surface area contributed by atoms with Crippen LogP contribution in [0.3, 0.4) is 0 Å². The third kappa shape index (κ3) is 2.20. The zero-order valence-electron chi connectivity index (χ0n) is 11.1. The summed E-state index contributed by atoms with van der Waals surface area (Å²) in [6.45, 7) is 1.98. The SMILES string of the molecule is CC(F)c1cc2c(c(C3CC(C(=O)O)CN3)c1)OCO2. The first-order valence-corrected chi connectivity index (χ1v) is 6.60. The Bertz CT molecular complexity index is 546. The Balaban J connectivity index is 1.95. The largest absolute Gasteiger partial charge is 0.481 e. The molecule has 0 radical (unpaired) electrons. The molecule has 5 nitrogen and oxygen atoms in total. The molecule has 2 aliphatic rings. The maximum absolute atomic E-state index is 13.6. The Labute approximate surface area is 115 Å². The third-order valence-electron chi connectivity index (χ3n) is 3.84. The van der Waals surface area contributed by atoms with Gasteiger partial charge in [-0.1, -0.05) is 0 Å². The van der Waals surface area contributed by atoms with Crippen LogP contribution in [0.2, 0.25) is 0 Å². The normalized spacial score (nSPS) is 25.7. The van der Waals surface area contributed by atoms with E-state index in [1.165, 1.54) is 6.92 Å². The second kappa shape index (κ2) is 4.94. The van der Waals surface area contributed by atoms with Crippen molar-refractivity contribution in [2.24, 2.45) is 5.92 Å². The van der Waals surface area contributed by atoms with Gasteiger partial charge in [0.25, 0.3) is 0 Å². The molecule has 3 atom stereocenters. The Morgan fingerprint density at radius 2 is 2.30 bits per heavy atom. The van der Waals surface area contributed by atoms with E-state index in [2.05, 4.69) is 5.32 Å². The van der Waals surface area contributed by atoms with Crippen LogP contribution in [-0.2, 0) is 4.79 Å². The molecule has 0 aromatic heterocycles. The summed E-state index contributed by atoms with van der Waals surface area (Å²) in [7, 11) is 0. The summed E-state index contributed by atoms with van der Waals surface area (Å²) >= 11 is 0. The minimum absolute atomic E-state index is 0.113. The fraction of sp³-hybridized carbons (Fsp3) is 0.500. The van der Waals surface area contributed by atoms with Crippen LogP contribution in [0.1, 0.15) is 36.7 Å². The molecule has 3 unspecified atom stereocenters. The van der Waals surface area contributed by atoms with E-state index in [1.807, 2.05) is 0 Å². The Hall–Kier alpha value is -1.82. The molecule has 2 heterocycles. The summed E-state index contributed by atoms with van der Waals surface area (Å²) in [5, 5.41) is 12.2. The highest BCUT2D eigenvalue weighted by Crippen LogP contribution is 2.44. The lowest BCUT2D eigenvalue weighted by atomic mass is 9.96. The summed E-state index contributed by atoms with van der Waals surface area (Å²) in [4.78, 5) is 11.0. The zero-order valence-corrected chi connectivity index (χ0v) is 11.1. The minimum atomic E-state index is -1.11. The molecule has 1 fully saturated rings. The van der Waals surface area contributed by atoms with Crippen LogP contribution in [0.5, 0.6) is 11.5 Å². The monoisotopic (exact) mass is 281 g/mol. The number of ether oxygens (including phenoxy) is 2. The number of halogens is 1. The third-order valence-corrected chi connectivity index (χ3v) is 3.84. The van der Waals surface area contributed by atoms with Crippen LogP contribution in [0.15, 0.2) is 12.1 Å². The molecule has 2 N–H and O–H groups in total. The molecule has 0 amide bonds. The van der Waals surface area contributed by atoms with Crippen molar-refractivity contribution < 1.29 is 23.8 Å². The summed E-state index contributed by atoms with van der Waals surface area (Å²) in [6.07, 6.45) is -0.644. The van der Waals surface area contributed by atoms with Crippen molar-refractivity contribution in [2.45, 2.75) is 25.6 Å². The molecule has 0 spiro atoms. The average molecular weight is 281 g/mol. The molecule has 0 saturated carbocycles.